The maximum atomic E-state index is 11.1. The van der Waals surface area contributed by atoms with Gasteiger partial charge in [0, 0.05) is 28.7 Å². The Morgan fingerprint density at radius 1 is 1.32 bits per heavy atom. The van der Waals surface area contributed by atoms with E-state index < -0.39 is 0 Å². The molecule has 19 heavy (non-hydrogen) atoms. The second kappa shape index (κ2) is 5.09. The van der Waals surface area contributed by atoms with Gasteiger partial charge < -0.3 is 10.6 Å². The Hall–Kier alpha value is -1.14. The maximum absolute atomic E-state index is 11.1. The predicted octanol–water partition coefficient (Wildman–Crippen LogP) is 3.05. The van der Waals surface area contributed by atoms with Crippen molar-refractivity contribution >= 4 is 27.3 Å². The quantitative estimate of drug-likeness (QED) is 0.662. The van der Waals surface area contributed by atoms with Crippen molar-refractivity contribution in [1.82, 2.24) is 5.32 Å². The summed E-state index contributed by atoms with van der Waals surface area (Å²) in [4.78, 5) is 10.7. The molecule has 0 aromatic heterocycles. The van der Waals surface area contributed by atoms with E-state index in [4.69, 9.17) is 0 Å². The minimum Gasteiger partial charge on any atom is -0.377 e. The van der Waals surface area contributed by atoms with Crippen molar-refractivity contribution in [2.75, 3.05) is 5.32 Å². The molecule has 1 aromatic rings. The standard InChI is InChI=1S/C13H16BrN3O2/c14-8-1-4-13(17(18)19)12(5-8)16-11-6-9-2-3-10(7-11)15-9/h1,4-5,9-11,15-16H,2-3,6-7H2. The number of hydrogen-bond donors (Lipinski definition) is 2. The number of hydrogen-bond acceptors (Lipinski definition) is 4. The summed E-state index contributed by atoms with van der Waals surface area (Å²) in [5.41, 5.74) is 0.764. The van der Waals surface area contributed by atoms with E-state index in [0.29, 0.717) is 23.8 Å². The Morgan fingerprint density at radius 2 is 2.00 bits per heavy atom. The Kier molecular flexibility index (Phi) is 3.45. The molecule has 1 aromatic carbocycles. The molecule has 3 rings (SSSR count). The van der Waals surface area contributed by atoms with E-state index in [1.165, 1.54) is 12.8 Å². The van der Waals surface area contributed by atoms with Crippen LogP contribution < -0.4 is 10.6 Å². The third-order valence-electron chi connectivity index (χ3n) is 3.99. The Labute approximate surface area is 120 Å². The van der Waals surface area contributed by atoms with Crippen LogP contribution in [-0.2, 0) is 0 Å². The number of nitrogens with one attached hydrogen (secondary N) is 2. The number of benzene rings is 1. The van der Waals surface area contributed by atoms with Gasteiger partial charge in [-0.05, 0) is 37.8 Å². The van der Waals surface area contributed by atoms with Gasteiger partial charge in [0.05, 0.1) is 4.92 Å². The van der Waals surface area contributed by atoms with Gasteiger partial charge in [0.2, 0.25) is 0 Å². The maximum Gasteiger partial charge on any atom is 0.292 e. The summed E-state index contributed by atoms with van der Waals surface area (Å²) in [5, 5.41) is 18.0. The molecule has 0 aliphatic carbocycles. The third-order valence-corrected chi connectivity index (χ3v) is 4.48. The highest BCUT2D eigenvalue weighted by atomic mass is 79.9. The van der Waals surface area contributed by atoms with Gasteiger partial charge in [-0.2, -0.15) is 0 Å². The fourth-order valence-electron chi connectivity index (χ4n) is 3.18. The molecule has 0 saturated carbocycles. The van der Waals surface area contributed by atoms with E-state index in [9.17, 15) is 10.1 Å². The van der Waals surface area contributed by atoms with Crippen LogP contribution in [0.25, 0.3) is 0 Å². The molecule has 102 valence electrons. The van der Waals surface area contributed by atoms with Crippen LogP contribution in [0.1, 0.15) is 25.7 Å². The van der Waals surface area contributed by atoms with Crippen LogP contribution in [-0.4, -0.2) is 23.0 Å². The summed E-state index contributed by atoms with van der Waals surface area (Å²) in [6.07, 6.45) is 4.53. The summed E-state index contributed by atoms with van der Waals surface area (Å²) in [5.74, 6) is 0. The highest BCUT2D eigenvalue weighted by Crippen LogP contribution is 2.33. The van der Waals surface area contributed by atoms with E-state index in [0.717, 1.165) is 17.3 Å². The first-order valence-electron chi connectivity index (χ1n) is 6.58. The number of anilines is 1. The number of fused-ring (bicyclic) bond motifs is 2. The molecule has 2 N–H and O–H groups in total. The van der Waals surface area contributed by atoms with E-state index in [1.54, 1.807) is 18.2 Å². The number of piperidine rings is 1. The SMILES string of the molecule is O=[N+]([O-])c1ccc(Br)cc1NC1CC2CCC(C1)N2. The molecular weight excluding hydrogens is 310 g/mol. The first-order chi connectivity index (χ1) is 9.11. The molecule has 2 bridgehead atoms. The summed E-state index contributed by atoms with van der Waals surface area (Å²) in [6.45, 7) is 0. The normalized spacial score (nSPS) is 29.2. The molecule has 0 amide bonds. The zero-order valence-electron chi connectivity index (χ0n) is 10.4. The van der Waals surface area contributed by atoms with Crippen LogP contribution in [0.2, 0.25) is 0 Å². The van der Waals surface area contributed by atoms with Gasteiger partial charge in [-0.3, -0.25) is 10.1 Å². The molecule has 5 nitrogen and oxygen atoms in total. The molecular formula is C13H16BrN3O2. The summed E-state index contributed by atoms with van der Waals surface area (Å²) < 4.78 is 0.859. The first kappa shape index (κ1) is 12.9. The molecule has 2 saturated heterocycles. The molecule has 6 heteroatoms. The molecule has 2 atom stereocenters. The van der Waals surface area contributed by atoms with Gasteiger partial charge in [0.1, 0.15) is 5.69 Å². The zero-order chi connectivity index (χ0) is 13.4. The Balaban J connectivity index is 1.79. The predicted molar refractivity (Wildman–Crippen MR) is 77.4 cm³/mol. The lowest BCUT2D eigenvalue weighted by molar-refractivity contribution is -0.384. The average molecular weight is 326 g/mol. The van der Waals surface area contributed by atoms with Crippen LogP contribution in [0, 0.1) is 10.1 Å². The highest BCUT2D eigenvalue weighted by molar-refractivity contribution is 9.10. The minimum absolute atomic E-state index is 0.147. The van der Waals surface area contributed by atoms with Gasteiger partial charge in [0.15, 0.2) is 0 Å². The topological polar surface area (TPSA) is 67.2 Å². The smallest absolute Gasteiger partial charge is 0.292 e. The van der Waals surface area contributed by atoms with Crippen molar-refractivity contribution in [1.29, 1.82) is 0 Å². The second-order valence-electron chi connectivity index (χ2n) is 5.37. The summed E-state index contributed by atoms with van der Waals surface area (Å²) in [7, 11) is 0. The number of rotatable bonds is 3. The summed E-state index contributed by atoms with van der Waals surface area (Å²) >= 11 is 3.37. The molecule has 2 fully saturated rings. The van der Waals surface area contributed by atoms with Crippen LogP contribution >= 0.6 is 15.9 Å². The monoisotopic (exact) mass is 325 g/mol. The second-order valence-corrected chi connectivity index (χ2v) is 6.28. The number of nitrogens with zero attached hydrogens (tertiary/aromatic N) is 1. The fraction of sp³-hybridized carbons (Fsp3) is 0.538. The van der Waals surface area contributed by atoms with Gasteiger partial charge >= 0.3 is 0 Å². The molecule has 2 unspecified atom stereocenters. The van der Waals surface area contributed by atoms with Gasteiger partial charge in [-0.15, -0.1) is 0 Å². The average Bonchev–Trinajstić information content (AvgIpc) is 2.68. The van der Waals surface area contributed by atoms with Gasteiger partial charge in [-0.25, -0.2) is 0 Å². The minimum atomic E-state index is -0.329. The lowest BCUT2D eigenvalue weighted by Gasteiger charge is -2.30. The van der Waals surface area contributed by atoms with Crippen molar-refractivity contribution in [2.45, 2.75) is 43.8 Å². The lowest BCUT2D eigenvalue weighted by atomic mass is 9.99. The van der Waals surface area contributed by atoms with Crippen molar-refractivity contribution in [3.05, 3.63) is 32.8 Å². The molecule has 2 aliphatic rings. The Bertz CT molecular complexity index is 497. The number of halogens is 1. The van der Waals surface area contributed by atoms with Gasteiger partial charge in [-0.1, -0.05) is 15.9 Å². The van der Waals surface area contributed by atoms with E-state index in [2.05, 4.69) is 26.6 Å². The zero-order valence-corrected chi connectivity index (χ0v) is 12.0. The van der Waals surface area contributed by atoms with Crippen LogP contribution in [0.15, 0.2) is 22.7 Å². The van der Waals surface area contributed by atoms with Crippen molar-refractivity contribution in [3.8, 4) is 0 Å². The Morgan fingerprint density at radius 3 is 2.63 bits per heavy atom. The van der Waals surface area contributed by atoms with Crippen LogP contribution in [0.3, 0.4) is 0 Å². The molecule has 0 spiro atoms. The van der Waals surface area contributed by atoms with Crippen molar-refractivity contribution < 1.29 is 4.92 Å². The highest BCUT2D eigenvalue weighted by Gasteiger charge is 2.34. The third kappa shape index (κ3) is 2.74. The fourth-order valence-corrected chi connectivity index (χ4v) is 3.54. The number of nitro groups is 1. The lowest BCUT2D eigenvalue weighted by Crippen LogP contribution is -2.43. The first-order valence-corrected chi connectivity index (χ1v) is 7.37. The van der Waals surface area contributed by atoms with E-state index in [-0.39, 0.29) is 10.6 Å². The molecule has 2 aliphatic heterocycles. The molecule has 0 radical (unpaired) electrons. The van der Waals surface area contributed by atoms with Gasteiger partial charge in [0.25, 0.3) is 5.69 Å². The molecule has 2 heterocycles. The van der Waals surface area contributed by atoms with E-state index >= 15 is 0 Å². The summed E-state index contributed by atoms with van der Waals surface area (Å²) in [6, 6.07) is 6.51. The van der Waals surface area contributed by atoms with Crippen LogP contribution in [0.4, 0.5) is 11.4 Å². The van der Waals surface area contributed by atoms with Crippen molar-refractivity contribution in [2.24, 2.45) is 0 Å². The van der Waals surface area contributed by atoms with Crippen molar-refractivity contribution in [3.63, 3.8) is 0 Å². The number of nitro benzene ring substituents is 1. The largest absolute Gasteiger partial charge is 0.377 e. The van der Waals surface area contributed by atoms with E-state index in [1.807, 2.05) is 0 Å². The van der Waals surface area contributed by atoms with Crippen LogP contribution in [0.5, 0.6) is 0 Å².